The summed E-state index contributed by atoms with van der Waals surface area (Å²) < 4.78 is 39.0. The molecule has 2 heterocycles. The third-order valence-corrected chi connectivity index (χ3v) is 6.61. The highest BCUT2D eigenvalue weighted by atomic mass is 19.4. The van der Waals surface area contributed by atoms with Crippen molar-refractivity contribution in [2.75, 3.05) is 29.9 Å². The Kier molecular flexibility index (Phi) is 6.59. The smallest absolute Gasteiger partial charge is 0.351 e. The molecule has 0 saturated carbocycles. The van der Waals surface area contributed by atoms with E-state index in [0.29, 0.717) is 48.0 Å². The molecule has 5 rings (SSSR count). The number of benzene rings is 3. The van der Waals surface area contributed by atoms with Gasteiger partial charge in [0, 0.05) is 47.7 Å². The van der Waals surface area contributed by atoms with Crippen LogP contribution in [0.2, 0.25) is 0 Å². The molecule has 1 fully saturated rings. The van der Waals surface area contributed by atoms with Crippen LogP contribution in [0.3, 0.4) is 0 Å². The lowest BCUT2D eigenvalue weighted by atomic mass is 10.0. The number of nitriles is 1. The monoisotopic (exact) mass is 516 g/mol. The summed E-state index contributed by atoms with van der Waals surface area (Å²) in [7, 11) is 0. The van der Waals surface area contributed by atoms with Crippen LogP contribution in [0.5, 0.6) is 0 Å². The summed E-state index contributed by atoms with van der Waals surface area (Å²) in [4.78, 5) is 16.7. The predicted octanol–water partition coefficient (Wildman–Crippen LogP) is 5.93. The maximum Gasteiger partial charge on any atom is 0.416 e. The first-order valence-corrected chi connectivity index (χ1v) is 12.0. The maximum atomic E-state index is 13.0. The molecule has 2 amide bonds. The fourth-order valence-corrected chi connectivity index (χ4v) is 4.63. The number of amides is 2. The van der Waals surface area contributed by atoms with Gasteiger partial charge in [0.25, 0.3) is 0 Å². The van der Waals surface area contributed by atoms with Crippen LogP contribution in [0, 0.1) is 11.3 Å². The first-order chi connectivity index (χ1) is 18.2. The Morgan fingerprint density at radius 1 is 0.974 bits per heavy atom. The number of nitrogens with zero attached hydrogens (tertiary/aromatic N) is 5. The van der Waals surface area contributed by atoms with E-state index in [1.54, 1.807) is 29.2 Å². The van der Waals surface area contributed by atoms with Crippen LogP contribution in [0.15, 0.2) is 72.8 Å². The second-order valence-electron chi connectivity index (χ2n) is 9.10. The van der Waals surface area contributed by atoms with E-state index in [-0.39, 0.29) is 12.1 Å². The molecular formula is C28H23F3N6O. The molecule has 38 heavy (non-hydrogen) atoms. The van der Waals surface area contributed by atoms with Gasteiger partial charge >= 0.3 is 12.2 Å². The van der Waals surface area contributed by atoms with Crippen molar-refractivity contribution in [3.63, 3.8) is 0 Å². The molecule has 1 aliphatic rings. The van der Waals surface area contributed by atoms with Crippen molar-refractivity contribution in [3.05, 3.63) is 83.9 Å². The SMILES string of the molecule is C[C@H]1CN(c2nnc(-c3ccc(C(F)(F)F)cc3)c3ccccc23)CCN1C(=O)Nc1ccc(C#N)cc1. The van der Waals surface area contributed by atoms with Crippen LogP contribution in [0.1, 0.15) is 18.1 Å². The number of nitrogens with one attached hydrogen (secondary N) is 1. The quantitative estimate of drug-likeness (QED) is 0.365. The van der Waals surface area contributed by atoms with Crippen LogP contribution in [-0.2, 0) is 6.18 Å². The lowest BCUT2D eigenvalue weighted by Crippen LogP contribution is -2.55. The number of halogens is 3. The Morgan fingerprint density at radius 3 is 2.29 bits per heavy atom. The van der Waals surface area contributed by atoms with Gasteiger partial charge in [-0.2, -0.15) is 18.4 Å². The molecule has 0 aliphatic carbocycles. The molecule has 1 atom stereocenters. The Hall–Kier alpha value is -4.65. The number of alkyl halides is 3. The van der Waals surface area contributed by atoms with E-state index in [0.717, 1.165) is 22.9 Å². The normalized spacial score (nSPS) is 15.8. The first-order valence-electron chi connectivity index (χ1n) is 12.0. The van der Waals surface area contributed by atoms with Gasteiger partial charge in [0.1, 0.15) is 5.69 Å². The van der Waals surface area contributed by atoms with Gasteiger partial charge < -0.3 is 15.1 Å². The molecule has 1 aromatic heterocycles. The maximum absolute atomic E-state index is 13.0. The number of fused-ring (bicyclic) bond motifs is 1. The molecular weight excluding hydrogens is 493 g/mol. The molecule has 0 radical (unpaired) electrons. The van der Waals surface area contributed by atoms with Gasteiger partial charge in [0.15, 0.2) is 5.82 Å². The number of hydrogen-bond donors (Lipinski definition) is 1. The third-order valence-electron chi connectivity index (χ3n) is 6.61. The van der Waals surface area contributed by atoms with E-state index >= 15 is 0 Å². The second kappa shape index (κ2) is 10.0. The zero-order valence-electron chi connectivity index (χ0n) is 20.4. The van der Waals surface area contributed by atoms with Crippen molar-refractivity contribution >= 4 is 28.3 Å². The zero-order chi connectivity index (χ0) is 26.9. The van der Waals surface area contributed by atoms with Crippen molar-refractivity contribution in [1.82, 2.24) is 15.1 Å². The van der Waals surface area contributed by atoms with Gasteiger partial charge in [-0.25, -0.2) is 4.79 Å². The fourth-order valence-electron chi connectivity index (χ4n) is 4.63. The number of carbonyl (C=O) groups is 1. The molecule has 10 heteroatoms. The molecule has 4 aromatic rings. The van der Waals surface area contributed by atoms with Crippen LogP contribution < -0.4 is 10.2 Å². The minimum atomic E-state index is -4.41. The number of urea groups is 1. The summed E-state index contributed by atoms with van der Waals surface area (Å²) in [5.74, 6) is 0.662. The molecule has 7 nitrogen and oxygen atoms in total. The van der Waals surface area contributed by atoms with Gasteiger partial charge in [-0.1, -0.05) is 36.4 Å². The molecule has 0 unspecified atom stereocenters. The number of aromatic nitrogens is 2. The molecule has 1 aliphatic heterocycles. The Balaban J connectivity index is 1.35. The van der Waals surface area contributed by atoms with Crippen molar-refractivity contribution in [2.24, 2.45) is 0 Å². The fraction of sp³-hybridized carbons (Fsp3) is 0.214. The summed E-state index contributed by atoms with van der Waals surface area (Å²) >= 11 is 0. The lowest BCUT2D eigenvalue weighted by molar-refractivity contribution is -0.137. The van der Waals surface area contributed by atoms with Gasteiger partial charge in [-0.05, 0) is 43.3 Å². The highest BCUT2D eigenvalue weighted by molar-refractivity contribution is 6.00. The summed E-state index contributed by atoms with van der Waals surface area (Å²) in [6.45, 7) is 3.47. The van der Waals surface area contributed by atoms with Crippen LogP contribution in [0.4, 0.5) is 29.5 Å². The largest absolute Gasteiger partial charge is 0.416 e. The van der Waals surface area contributed by atoms with E-state index < -0.39 is 11.7 Å². The van der Waals surface area contributed by atoms with Gasteiger partial charge in [0.2, 0.25) is 0 Å². The van der Waals surface area contributed by atoms with Gasteiger partial charge in [-0.3, -0.25) is 0 Å². The average molecular weight is 517 g/mol. The lowest BCUT2D eigenvalue weighted by Gasteiger charge is -2.40. The predicted molar refractivity (Wildman–Crippen MR) is 139 cm³/mol. The average Bonchev–Trinajstić information content (AvgIpc) is 2.92. The summed E-state index contributed by atoms with van der Waals surface area (Å²) in [6.07, 6.45) is -4.41. The Bertz CT molecular complexity index is 1510. The third kappa shape index (κ3) is 4.95. The minimum absolute atomic E-state index is 0.128. The summed E-state index contributed by atoms with van der Waals surface area (Å²) in [5, 5.41) is 22.3. The van der Waals surface area contributed by atoms with E-state index in [2.05, 4.69) is 26.5 Å². The van der Waals surface area contributed by atoms with E-state index in [1.807, 2.05) is 31.2 Å². The Labute approximate surface area is 217 Å². The zero-order valence-corrected chi connectivity index (χ0v) is 20.4. The van der Waals surface area contributed by atoms with Crippen molar-refractivity contribution in [1.29, 1.82) is 5.26 Å². The molecule has 1 saturated heterocycles. The molecule has 192 valence electrons. The molecule has 3 aromatic carbocycles. The topological polar surface area (TPSA) is 85.2 Å². The number of piperazine rings is 1. The molecule has 0 bridgehead atoms. The number of anilines is 2. The number of rotatable bonds is 3. The minimum Gasteiger partial charge on any atom is -0.351 e. The van der Waals surface area contributed by atoms with E-state index in [1.165, 1.54) is 12.1 Å². The van der Waals surface area contributed by atoms with Gasteiger partial charge in [-0.15, -0.1) is 10.2 Å². The van der Waals surface area contributed by atoms with Crippen LogP contribution >= 0.6 is 0 Å². The van der Waals surface area contributed by atoms with E-state index in [9.17, 15) is 18.0 Å². The Morgan fingerprint density at radius 2 is 1.66 bits per heavy atom. The van der Waals surface area contributed by atoms with Crippen LogP contribution in [-0.4, -0.2) is 46.8 Å². The summed E-state index contributed by atoms with van der Waals surface area (Å²) in [6, 6.07) is 20.8. The first kappa shape index (κ1) is 25.0. The number of carbonyl (C=O) groups excluding carboxylic acids is 1. The van der Waals surface area contributed by atoms with Crippen LogP contribution in [0.25, 0.3) is 22.0 Å². The van der Waals surface area contributed by atoms with E-state index in [4.69, 9.17) is 5.26 Å². The highest BCUT2D eigenvalue weighted by Crippen LogP contribution is 2.34. The molecule has 1 N–H and O–H groups in total. The van der Waals surface area contributed by atoms with Crippen molar-refractivity contribution in [2.45, 2.75) is 19.1 Å². The summed E-state index contributed by atoms with van der Waals surface area (Å²) in [5.41, 5.74) is 1.46. The highest BCUT2D eigenvalue weighted by Gasteiger charge is 2.31. The standard InChI is InChI=1S/C28H23F3N6O/c1-18-17-36(14-15-37(18)27(38)33-22-12-6-19(16-32)7-13-22)26-24-5-3-2-4-23(24)25(34-35-26)20-8-10-21(11-9-20)28(29,30)31/h2-13,18H,14-15,17H2,1H3,(H,33,38)/t18-/m0/s1. The second-order valence-corrected chi connectivity index (χ2v) is 9.10. The van der Waals surface area contributed by atoms with Gasteiger partial charge in [0.05, 0.1) is 17.2 Å². The van der Waals surface area contributed by atoms with Crippen molar-refractivity contribution < 1.29 is 18.0 Å². The molecule has 0 spiro atoms. The number of hydrogen-bond acceptors (Lipinski definition) is 5. The van der Waals surface area contributed by atoms with Crippen molar-refractivity contribution in [3.8, 4) is 17.3 Å².